The summed E-state index contributed by atoms with van der Waals surface area (Å²) in [5.41, 5.74) is 3.71. The molecule has 88 valence electrons. The lowest BCUT2D eigenvalue weighted by atomic mass is 9.95. The first-order chi connectivity index (χ1) is 8.29. The first kappa shape index (κ1) is 10.5. The van der Waals surface area contributed by atoms with Crippen LogP contribution in [0.15, 0.2) is 24.3 Å². The van der Waals surface area contributed by atoms with E-state index in [1.165, 1.54) is 22.2 Å². The Morgan fingerprint density at radius 3 is 3.06 bits per heavy atom. The van der Waals surface area contributed by atoms with E-state index in [4.69, 9.17) is 0 Å². The SMILES string of the molecule is CCC(=O)[C@@H]1Cc2c([nH]c3ccccc23)CN1. The number of benzene rings is 1. The first-order valence-corrected chi connectivity index (χ1v) is 6.14. The molecule has 2 heterocycles. The van der Waals surface area contributed by atoms with Crippen molar-refractivity contribution in [3.8, 4) is 0 Å². The molecular formula is C14H16N2O. The highest BCUT2D eigenvalue weighted by Crippen LogP contribution is 2.26. The summed E-state index contributed by atoms with van der Waals surface area (Å²) in [6.45, 7) is 2.69. The second-order valence-electron chi connectivity index (χ2n) is 4.59. The largest absolute Gasteiger partial charge is 0.357 e. The van der Waals surface area contributed by atoms with Crippen LogP contribution in [0.2, 0.25) is 0 Å². The number of H-pyrrole nitrogens is 1. The van der Waals surface area contributed by atoms with Gasteiger partial charge in [0.1, 0.15) is 5.78 Å². The Balaban J connectivity index is 2.03. The third-order valence-corrected chi connectivity index (χ3v) is 3.57. The molecule has 2 N–H and O–H groups in total. The molecule has 0 spiro atoms. The maximum Gasteiger partial charge on any atom is 0.149 e. The Labute approximate surface area is 100 Å². The third kappa shape index (κ3) is 1.67. The molecule has 0 aliphatic carbocycles. The minimum absolute atomic E-state index is 0.00768. The minimum atomic E-state index is -0.00768. The van der Waals surface area contributed by atoms with E-state index in [2.05, 4.69) is 28.5 Å². The number of fused-ring (bicyclic) bond motifs is 3. The Hall–Kier alpha value is -1.61. The van der Waals surface area contributed by atoms with E-state index in [0.717, 1.165) is 13.0 Å². The fourth-order valence-electron chi connectivity index (χ4n) is 2.62. The monoisotopic (exact) mass is 228 g/mol. The molecule has 17 heavy (non-hydrogen) atoms. The second kappa shape index (κ2) is 4.00. The van der Waals surface area contributed by atoms with E-state index in [9.17, 15) is 4.79 Å². The molecule has 3 rings (SSSR count). The van der Waals surface area contributed by atoms with Crippen molar-refractivity contribution in [2.45, 2.75) is 32.4 Å². The number of rotatable bonds is 2. The van der Waals surface area contributed by atoms with E-state index in [0.29, 0.717) is 12.2 Å². The van der Waals surface area contributed by atoms with Gasteiger partial charge in [0.15, 0.2) is 0 Å². The predicted molar refractivity (Wildman–Crippen MR) is 67.9 cm³/mol. The highest BCUT2D eigenvalue weighted by atomic mass is 16.1. The lowest BCUT2D eigenvalue weighted by Gasteiger charge is -2.22. The fraction of sp³-hybridized carbons (Fsp3) is 0.357. The number of carbonyl (C=O) groups excluding carboxylic acids is 1. The van der Waals surface area contributed by atoms with Crippen molar-refractivity contribution >= 4 is 16.7 Å². The minimum Gasteiger partial charge on any atom is -0.357 e. The summed E-state index contributed by atoms with van der Waals surface area (Å²) in [4.78, 5) is 15.2. The Kier molecular flexibility index (Phi) is 2.48. The van der Waals surface area contributed by atoms with Gasteiger partial charge in [-0.05, 0) is 18.1 Å². The first-order valence-electron chi connectivity index (χ1n) is 6.14. The average Bonchev–Trinajstić information content (AvgIpc) is 2.75. The van der Waals surface area contributed by atoms with Crippen molar-refractivity contribution in [2.24, 2.45) is 0 Å². The van der Waals surface area contributed by atoms with E-state index in [1.54, 1.807) is 0 Å². The number of aromatic amines is 1. The zero-order valence-corrected chi connectivity index (χ0v) is 9.92. The molecule has 3 heteroatoms. The van der Waals surface area contributed by atoms with Gasteiger partial charge < -0.3 is 10.3 Å². The van der Waals surface area contributed by atoms with Gasteiger partial charge in [0.2, 0.25) is 0 Å². The number of hydrogen-bond donors (Lipinski definition) is 2. The number of aromatic nitrogens is 1. The zero-order valence-electron chi connectivity index (χ0n) is 9.92. The smallest absolute Gasteiger partial charge is 0.149 e. The number of para-hydroxylation sites is 1. The standard InChI is InChI=1S/C14H16N2O/c1-2-14(17)12-7-10-9-5-3-4-6-11(9)16-13(10)8-15-12/h3-6,12,15-16H,2,7-8H2,1H3/t12-/m0/s1. The van der Waals surface area contributed by atoms with Crippen molar-refractivity contribution in [1.82, 2.24) is 10.3 Å². The van der Waals surface area contributed by atoms with Crippen LogP contribution in [-0.4, -0.2) is 16.8 Å². The van der Waals surface area contributed by atoms with Gasteiger partial charge in [-0.25, -0.2) is 0 Å². The Morgan fingerprint density at radius 2 is 2.24 bits per heavy atom. The average molecular weight is 228 g/mol. The molecule has 2 aromatic rings. The number of nitrogens with one attached hydrogen (secondary N) is 2. The number of ketones is 1. The van der Waals surface area contributed by atoms with Crippen LogP contribution in [0.4, 0.5) is 0 Å². The molecule has 0 bridgehead atoms. The van der Waals surface area contributed by atoms with Gasteiger partial charge in [-0.3, -0.25) is 4.79 Å². The van der Waals surface area contributed by atoms with Gasteiger partial charge in [-0.15, -0.1) is 0 Å². The van der Waals surface area contributed by atoms with Gasteiger partial charge in [-0.1, -0.05) is 25.1 Å². The molecule has 0 fully saturated rings. The molecule has 0 radical (unpaired) electrons. The quantitative estimate of drug-likeness (QED) is 0.827. The van der Waals surface area contributed by atoms with Gasteiger partial charge in [-0.2, -0.15) is 0 Å². The zero-order chi connectivity index (χ0) is 11.8. The normalized spacial score (nSPS) is 19.2. The van der Waals surface area contributed by atoms with Crippen molar-refractivity contribution in [3.63, 3.8) is 0 Å². The van der Waals surface area contributed by atoms with Crippen LogP contribution in [0, 0.1) is 0 Å². The molecule has 0 saturated carbocycles. The van der Waals surface area contributed by atoms with Crippen molar-refractivity contribution < 1.29 is 4.79 Å². The van der Waals surface area contributed by atoms with Gasteiger partial charge in [0.05, 0.1) is 6.04 Å². The predicted octanol–water partition coefficient (Wildman–Crippen LogP) is 2.16. The summed E-state index contributed by atoms with van der Waals surface area (Å²) in [5.74, 6) is 0.306. The van der Waals surface area contributed by atoms with Gasteiger partial charge >= 0.3 is 0 Å². The van der Waals surface area contributed by atoms with Crippen LogP contribution >= 0.6 is 0 Å². The maximum atomic E-state index is 11.8. The van der Waals surface area contributed by atoms with Gasteiger partial charge in [0.25, 0.3) is 0 Å². The summed E-state index contributed by atoms with van der Waals surface area (Å²) >= 11 is 0. The van der Waals surface area contributed by atoms with Crippen molar-refractivity contribution in [1.29, 1.82) is 0 Å². The van der Waals surface area contributed by atoms with Gasteiger partial charge in [0, 0.05) is 29.6 Å². The fourth-order valence-corrected chi connectivity index (χ4v) is 2.62. The highest BCUT2D eigenvalue weighted by molar-refractivity contribution is 5.88. The van der Waals surface area contributed by atoms with Crippen LogP contribution in [0.1, 0.15) is 24.6 Å². The van der Waals surface area contributed by atoms with E-state index < -0.39 is 0 Å². The van der Waals surface area contributed by atoms with Crippen LogP contribution < -0.4 is 5.32 Å². The lowest BCUT2D eigenvalue weighted by molar-refractivity contribution is -0.120. The number of carbonyl (C=O) groups is 1. The van der Waals surface area contributed by atoms with Crippen molar-refractivity contribution in [2.75, 3.05) is 0 Å². The summed E-state index contributed by atoms with van der Waals surface area (Å²) in [5, 5.41) is 4.57. The molecule has 0 unspecified atom stereocenters. The maximum absolute atomic E-state index is 11.8. The molecule has 3 nitrogen and oxygen atoms in total. The molecule has 0 saturated heterocycles. The molecule has 0 amide bonds. The third-order valence-electron chi connectivity index (χ3n) is 3.57. The van der Waals surface area contributed by atoms with Crippen LogP contribution in [-0.2, 0) is 17.8 Å². The Morgan fingerprint density at radius 1 is 1.41 bits per heavy atom. The highest BCUT2D eigenvalue weighted by Gasteiger charge is 2.25. The number of hydrogen-bond acceptors (Lipinski definition) is 2. The molecule has 1 aromatic carbocycles. The summed E-state index contributed by atoms with van der Waals surface area (Å²) in [7, 11) is 0. The lowest BCUT2D eigenvalue weighted by Crippen LogP contribution is -2.41. The molecule has 1 aromatic heterocycles. The van der Waals surface area contributed by atoms with Crippen LogP contribution in [0.3, 0.4) is 0 Å². The molecule has 1 atom stereocenters. The molecule has 1 aliphatic heterocycles. The number of Topliss-reactive ketones (excluding diaryl/α,β-unsaturated/α-hetero) is 1. The Bertz CT molecular complexity index is 571. The van der Waals surface area contributed by atoms with E-state index in [-0.39, 0.29) is 6.04 Å². The van der Waals surface area contributed by atoms with Crippen molar-refractivity contribution in [3.05, 3.63) is 35.5 Å². The van der Waals surface area contributed by atoms with E-state index in [1.807, 2.05) is 13.0 Å². The summed E-state index contributed by atoms with van der Waals surface area (Å²) in [6, 6.07) is 8.29. The topological polar surface area (TPSA) is 44.9 Å². The summed E-state index contributed by atoms with van der Waals surface area (Å²) in [6.07, 6.45) is 1.42. The molecular weight excluding hydrogens is 212 g/mol. The van der Waals surface area contributed by atoms with E-state index >= 15 is 0 Å². The summed E-state index contributed by atoms with van der Waals surface area (Å²) < 4.78 is 0. The van der Waals surface area contributed by atoms with Crippen LogP contribution in [0.5, 0.6) is 0 Å². The molecule has 1 aliphatic rings. The second-order valence-corrected chi connectivity index (χ2v) is 4.59. The van der Waals surface area contributed by atoms with Crippen LogP contribution in [0.25, 0.3) is 10.9 Å².